The number of unbranched alkanes of at least 4 members (excludes halogenated alkanes) is 2. The van der Waals surface area contributed by atoms with Crippen molar-refractivity contribution in [2.75, 3.05) is 6.54 Å². The van der Waals surface area contributed by atoms with Crippen LogP contribution in [0.1, 0.15) is 65.7 Å². The van der Waals surface area contributed by atoms with Crippen LogP contribution in [0, 0.1) is 17.3 Å². The van der Waals surface area contributed by atoms with E-state index in [1.165, 1.54) is 19.3 Å². The molecule has 0 aromatic carbocycles. The van der Waals surface area contributed by atoms with Crippen molar-refractivity contribution in [1.29, 1.82) is 0 Å². The molecule has 1 aliphatic carbocycles. The van der Waals surface area contributed by atoms with E-state index in [1.54, 1.807) is 0 Å². The molecule has 1 aliphatic rings. The maximum absolute atomic E-state index is 12.1. The molecule has 2 unspecified atom stereocenters. The van der Waals surface area contributed by atoms with Crippen LogP contribution >= 0.6 is 0 Å². The number of amides is 1. The molecule has 0 spiro atoms. The average Bonchev–Trinajstić information content (AvgIpc) is 2.86. The topological polar surface area (TPSA) is 66.4 Å². The molecule has 1 saturated carbocycles. The highest BCUT2D eigenvalue weighted by Gasteiger charge is 2.34. The first kappa shape index (κ1) is 17.0. The summed E-state index contributed by atoms with van der Waals surface area (Å²) >= 11 is 0. The molecule has 20 heavy (non-hydrogen) atoms. The van der Waals surface area contributed by atoms with Gasteiger partial charge in [0, 0.05) is 12.5 Å². The van der Waals surface area contributed by atoms with Crippen LogP contribution in [-0.2, 0) is 9.59 Å². The van der Waals surface area contributed by atoms with Gasteiger partial charge in [-0.2, -0.15) is 0 Å². The molecule has 1 rings (SSSR count). The van der Waals surface area contributed by atoms with Gasteiger partial charge in [0.2, 0.25) is 5.91 Å². The molecule has 2 atom stereocenters. The van der Waals surface area contributed by atoms with Crippen LogP contribution in [0.15, 0.2) is 0 Å². The number of hydrogen-bond donors (Lipinski definition) is 2. The van der Waals surface area contributed by atoms with Gasteiger partial charge in [-0.15, -0.1) is 0 Å². The standard InChI is InChI=1S/C16H29NO3/c1-4-5-6-9-16(2,3)11-17-14(18)12-7-8-13(10-12)15(19)20/h12-13H,4-11H2,1-3H3,(H,17,18)(H,19,20). The number of carboxylic acids is 1. The Kier molecular flexibility index (Phi) is 6.50. The first-order chi connectivity index (χ1) is 9.35. The van der Waals surface area contributed by atoms with Crippen LogP contribution in [0.4, 0.5) is 0 Å². The highest BCUT2D eigenvalue weighted by molar-refractivity contribution is 5.80. The SMILES string of the molecule is CCCCCC(C)(C)CNC(=O)C1CCC(C(=O)O)C1. The summed E-state index contributed by atoms with van der Waals surface area (Å²) in [7, 11) is 0. The van der Waals surface area contributed by atoms with Gasteiger partial charge in [0.1, 0.15) is 0 Å². The highest BCUT2D eigenvalue weighted by Crippen LogP contribution is 2.31. The van der Waals surface area contributed by atoms with Crippen LogP contribution in [0.3, 0.4) is 0 Å². The molecule has 2 N–H and O–H groups in total. The zero-order valence-corrected chi connectivity index (χ0v) is 13.1. The lowest BCUT2D eigenvalue weighted by Gasteiger charge is -2.25. The minimum absolute atomic E-state index is 0.0392. The molecule has 4 heteroatoms. The summed E-state index contributed by atoms with van der Waals surface area (Å²) in [5.41, 5.74) is 0.121. The number of carbonyl (C=O) groups is 2. The molecular weight excluding hydrogens is 254 g/mol. The Morgan fingerprint density at radius 1 is 1.20 bits per heavy atom. The largest absolute Gasteiger partial charge is 0.481 e. The van der Waals surface area contributed by atoms with Gasteiger partial charge < -0.3 is 10.4 Å². The molecule has 0 saturated heterocycles. The van der Waals surface area contributed by atoms with Gasteiger partial charge in [-0.25, -0.2) is 0 Å². The van der Waals surface area contributed by atoms with Crippen LogP contribution in [-0.4, -0.2) is 23.5 Å². The van der Waals surface area contributed by atoms with Crippen molar-refractivity contribution in [3.05, 3.63) is 0 Å². The first-order valence-electron chi connectivity index (χ1n) is 7.86. The van der Waals surface area contributed by atoms with E-state index in [4.69, 9.17) is 5.11 Å². The van der Waals surface area contributed by atoms with E-state index in [0.717, 1.165) is 6.42 Å². The molecule has 0 aromatic heterocycles. The number of nitrogens with one attached hydrogen (secondary N) is 1. The Labute approximate surface area is 122 Å². The van der Waals surface area contributed by atoms with Crippen molar-refractivity contribution in [2.24, 2.45) is 17.3 Å². The van der Waals surface area contributed by atoms with Crippen LogP contribution < -0.4 is 5.32 Å². The Bertz CT molecular complexity index is 339. The predicted molar refractivity (Wildman–Crippen MR) is 79.4 cm³/mol. The van der Waals surface area contributed by atoms with E-state index in [9.17, 15) is 9.59 Å². The number of carboxylic acid groups (broad SMARTS) is 1. The van der Waals surface area contributed by atoms with E-state index < -0.39 is 5.97 Å². The monoisotopic (exact) mass is 283 g/mol. The fourth-order valence-corrected chi connectivity index (χ4v) is 2.86. The third kappa shape index (κ3) is 5.51. The van der Waals surface area contributed by atoms with Crippen LogP contribution in [0.5, 0.6) is 0 Å². The molecule has 0 heterocycles. The second kappa shape index (κ2) is 7.65. The second-order valence-electron chi connectivity index (χ2n) is 6.88. The summed E-state index contributed by atoms with van der Waals surface area (Å²) in [6, 6.07) is 0. The predicted octanol–water partition coefficient (Wildman–Crippen LogP) is 3.21. The van der Waals surface area contributed by atoms with E-state index in [-0.39, 0.29) is 23.2 Å². The molecule has 116 valence electrons. The van der Waals surface area contributed by atoms with Gasteiger partial charge in [0.15, 0.2) is 0 Å². The number of hydrogen-bond acceptors (Lipinski definition) is 2. The van der Waals surface area contributed by atoms with E-state index >= 15 is 0 Å². The van der Waals surface area contributed by atoms with Crippen molar-refractivity contribution in [2.45, 2.75) is 65.7 Å². The van der Waals surface area contributed by atoms with E-state index in [2.05, 4.69) is 26.1 Å². The normalized spacial score (nSPS) is 22.8. The van der Waals surface area contributed by atoms with Crippen molar-refractivity contribution in [1.82, 2.24) is 5.32 Å². The Morgan fingerprint density at radius 3 is 2.40 bits per heavy atom. The molecular formula is C16H29NO3. The summed E-state index contributed by atoms with van der Waals surface area (Å²) in [6.45, 7) is 7.23. The van der Waals surface area contributed by atoms with Gasteiger partial charge in [-0.05, 0) is 31.1 Å². The molecule has 1 amide bonds. The lowest BCUT2D eigenvalue weighted by molar-refractivity contribution is -0.141. The quantitative estimate of drug-likeness (QED) is 0.672. The number of aliphatic carboxylic acids is 1. The van der Waals surface area contributed by atoms with Crippen molar-refractivity contribution >= 4 is 11.9 Å². The zero-order valence-electron chi connectivity index (χ0n) is 13.1. The molecule has 4 nitrogen and oxygen atoms in total. The summed E-state index contributed by atoms with van der Waals surface area (Å²) < 4.78 is 0. The van der Waals surface area contributed by atoms with Crippen LogP contribution in [0.25, 0.3) is 0 Å². The molecule has 1 fully saturated rings. The van der Waals surface area contributed by atoms with Gasteiger partial charge in [-0.1, -0.05) is 40.0 Å². The highest BCUT2D eigenvalue weighted by atomic mass is 16.4. The number of rotatable bonds is 8. The first-order valence-corrected chi connectivity index (χ1v) is 7.86. The minimum atomic E-state index is -0.764. The summed E-state index contributed by atoms with van der Waals surface area (Å²) in [5, 5.41) is 12.0. The van der Waals surface area contributed by atoms with Gasteiger partial charge in [0.05, 0.1) is 5.92 Å². The molecule has 0 aliphatic heterocycles. The Morgan fingerprint density at radius 2 is 1.85 bits per heavy atom. The van der Waals surface area contributed by atoms with E-state index in [0.29, 0.717) is 25.8 Å². The minimum Gasteiger partial charge on any atom is -0.481 e. The lowest BCUT2D eigenvalue weighted by Crippen LogP contribution is -2.37. The van der Waals surface area contributed by atoms with Crippen molar-refractivity contribution < 1.29 is 14.7 Å². The zero-order chi connectivity index (χ0) is 15.2. The maximum Gasteiger partial charge on any atom is 0.306 e. The summed E-state index contributed by atoms with van der Waals surface area (Å²) in [4.78, 5) is 23.0. The van der Waals surface area contributed by atoms with Gasteiger partial charge in [0.25, 0.3) is 0 Å². The maximum atomic E-state index is 12.1. The van der Waals surface area contributed by atoms with Gasteiger partial charge >= 0.3 is 5.97 Å². The average molecular weight is 283 g/mol. The molecule has 0 aromatic rings. The summed E-state index contributed by atoms with van der Waals surface area (Å²) in [6.07, 6.45) is 6.60. The Balaban J connectivity index is 2.30. The summed E-state index contributed by atoms with van der Waals surface area (Å²) in [5.74, 6) is -1.16. The third-order valence-electron chi connectivity index (χ3n) is 4.35. The Hall–Kier alpha value is -1.06. The van der Waals surface area contributed by atoms with Crippen molar-refractivity contribution in [3.63, 3.8) is 0 Å². The lowest BCUT2D eigenvalue weighted by atomic mass is 9.86. The smallest absolute Gasteiger partial charge is 0.306 e. The molecule has 0 bridgehead atoms. The third-order valence-corrected chi connectivity index (χ3v) is 4.35. The second-order valence-corrected chi connectivity index (χ2v) is 6.88. The van der Waals surface area contributed by atoms with E-state index in [1.807, 2.05) is 0 Å². The number of carbonyl (C=O) groups excluding carboxylic acids is 1. The van der Waals surface area contributed by atoms with Crippen molar-refractivity contribution in [3.8, 4) is 0 Å². The fourth-order valence-electron chi connectivity index (χ4n) is 2.86. The fraction of sp³-hybridized carbons (Fsp3) is 0.875. The van der Waals surface area contributed by atoms with Gasteiger partial charge in [-0.3, -0.25) is 9.59 Å². The molecule has 0 radical (unpaired) electrons. The van der Waals surface area contributed by atoms with Crippen LogP contribution in [0.2, 0.25) is 0 Å².